The molecule has 3 N–H and O–H groups in total. The van der Waals surface area contributed by atoms with Crippen molar-refractivity contribution in [3.63, 3.8) is 0 Å². The number of furan rings is 1. The number of aryl methyl sites for hydroxylation is 2. The van der Waals surface area contributed by atoms with Crippen LogP contribution >= 0.6 is 12.2 Å². The lowest BCUT2D eigenvalue weighted by Crippen LogP contribution is -2.26. The number of hydrogen-bond acceptors (Lipinski definition) is 6. The van der Waals surface area contributed by atoms with Gasteiger partial charge in [-0.3, -0.25) is 5.43 Å². The minimum Gasteiger partial charge on any atom is -0.453 e. The molecule has 2 aromatic heterocycles. The van der Waals surface area contributed by atoms with Crippen LogP contribution in [-0.4, -0.2) is 21.8 Å². The van der Waals surface area contributed by atoms with Crippen LogP contribution in [0.4, 0.5) is 0 Å². The van der Waals surface area contributed by atoms with E-state index in [0.717, 1.165) is 47.4 Å². The van der Waals surface area contributed by atoms with Crippen molar-refractivity contribution in [2.24, 2.45) is 10.8 Å². The highest BCUT2D eigenvalue weighted by Gasteiger charge is 2.29. The first-order valence-corrected chi connectivity index (χ1v) is 9.68. The van der Waals surface area contributed by atoms with E-state index >= 15 is 0 Å². The minimum absolute atomic E-state index is 0.0872. The lowest BCUT2D eigenvalue weighted by Gasteiger charge is -2.13. The number of nitrogens with one attached hydrogen (secondary N) is 1. The number of thiocarbonyl (C=S) groups is 1. The zero-order chi connectivity index (χ0) is 20.5. The molecule has 148 valence electrons. The second-order valence-corrected chi connectivity index (χ2v) is 7.35. The average molecular weight is 408 g/mol. The van der Waals surface area contributed by atoms with E-state index in [0.29, 0.717) is 16.8 Å². The number of hydrazone groups is 1. The summed E-state index contributed by atoms with van der Waals surface area (Å²) in [5.41, 5.74) is 11.8. The number of nitrogens with zero attached hydrogens (tertiary/aromatic N) is 2. The first kappa shape index (κ1) is 19.1. The van der Waals surface area contributed by atoms with Crippen molar-refractivity contribution >= 4 is 39.9 Å². The van der Waals surface area contributed by atoms with Crippen LogP contribution < -0.4 is 15.9 Å². The zero-order valence-corrected chi connectivity index (χ0v) is 16.9. The van der Waals surface area contributed by atoms with E-state index in [1.54, 1.807) is 6.07 Å². The Kier molecular flexibility index (Phi) is 5.02. The van der Waals surface area contributed by atoms with Crippen LogP contribution in [0.15, 0.2) is 39.9 Å². The lowest BCUT2D eigenvalue weighted by molar-refractivity contribution is 0.0700. The molecule has 7 nitrogen and oxygen atoms in total. The molecule has 1 aromatic carbocycles. The number of para-hydroxylation sites is 1. The van der Waals surface area contributed by atoms with Gasteiger partial charge in [0.05, 0.1) is 5.71 Å². The maximum atomic E-state index is 12.9. The molecule has 1 aliphatic carbocycles. The molecule has 0 atom stereocenters. The molecule has 0 spiro atoms. The van der Waals surface area contributed by atoms with Gasteiger partial charge in [-0.1, -0.05) is 18.2 Å². The van der Waals surface area contributed by atoms with E-state index in [-0.39, 0.29) is 10.9 Å². The molecule has 8 heteroatoms. The van der Waals surface area contributed by atoms with Crippen LogP contribution in [0.5, 0.6) is 5.75 Å². The van der Waals surface area contributed by atoms with E-state index in [1.165, 1.54) is 0 Å². The largest absolute Gasteiger partial charge is 0.453 e. The average Bonchev–Trinajstić information content (AvgIpc) is 3.04. The molecule has 3 aromatic rings. The summed E-state index contributed by atoms with van der Waals surface area (Å²) in [6.07, 6.45) is 2.33. The van der Waals surface area contributed by atoms with E-state index in [1.807, 2.05) is 38.1 Å². The second kappa shape index (κ2) is 7.63. The first-order valence-electron chi connectivity index (χ1n) is 9.27. The van der Waals surface area contributed by atoms with Crippen LogP contribution in [0.3, 0.4) is 0 Å². The van der Waals surface area contributed by atoms with Crippen LogP contribution in [0.1, 0.15) is 46.0 Å². The van der Waals surface area contributed by atoms with Gasteiger partial charge in [-0.15, -0.1) is 0 Å². The number of fused-ring (bicyclic) bond motifs is 2. The predicted octanol–water partition coefficient (Wildman–Crippen LogP) is 3.54. The van der Waals surface area contributed by atoms with E-state index in [9.17, 15) is 4.79 Å². The van der Waals surface area contributed by atoms with Crippen LogP contribution in [0.2, 0.25) is 0 Å². The van der Waals surface area contributed by atoms with Crippen molar-refractivity contribution in [3.8, 4) is 5.75 Å². The third kappa shape index (κ3) is 3.71. The van der Waals surface area contributed by atoms with E-state index in [4.69, 9.17) is 27.1 Å². The maximum absolute atomic E-state index is 12.9. The number of carbonyl (C=O) groups excluding carboxylic acids is 1. The van der Waals surface area contributed by atoms with Gasteiger partial charge in [-0.2, -0.15) is 5.10 Å². The Hall–Kier alpha value is -3.26. The lowest BCUT2D eigenvalue weighted by atomic mass is 9.93. The molecule has 0 aliphatic heterocycles. The topological polar surface area (TPSA) is 103 Å². The Labute approximate surface area is 172 Å². The summed E-state index contributed by atoms with van der Waals surface area (Å²) in [6, 6.07) is 9.34. The van der Waals surface area contributed by atoms with Gasteiger partial charge in [0.1, 0.15) is 11.3 Å². The van der Waals surface area contributed by atoms with Gasteiger partial charge in [-0.25, -0.2) is 9.78 Å². The molecule has 0 radical (unpaired) electrons. The molecule has 1 aliphatic rings. The molecule has 0 saturated heterocycles. The molecule has 0 fully saturated rings. The number of carbonyl (C=O) groups is 1. The fraction of sp³-hybridized carbons (Fsp3) is 0.238. The smallest absolute Gasteiger partial charge is 0.380 e. The Balaban J connectivity index is 1.68. The first-order chi connectivity index (χ1) is 13.9. The highest BCUT2D eigenvalue weighted by Crippen LogP contribution is 2.31. The van der Waals surface area contributed by atoms with Crippen molar-refractivity contribution in [1.29, 1.82) is 0 Å². The van der Waals surface area contributed by atoms with Crippen molar-refractivity contribution in [2.45, 2.75) is 33.1 Å². The molecule has 0 bridgehead atoms. The molecular weight excluding hydrogens is 388 g/mol. The van der Waals surface area contributed by atoms with Gasteiger partial charge in [0.25, 0.3) is 0 Å². The van der Waals surface area contributed by atoms with Crippen LogP contribution in [0, 0.1) is 13.8 Å². The Morgan fingerprint density at radius 3 is 2.90 bits per heavy atom. The van der Waals surface area contributed by atoms with Gasteiger partial charge in [0.15, 0.2) is 10.9 Å². The fourth-order valence-electron chi connectivity index (χ4n) is 3.54. The molecule has 2 heterocycles. The SMILES string of the molecule is Cc1ccc2cccc(OC(=O)c3oc4c(c3C)/C(=N/NC(N)=S)CCC4)c2n1. The van der Waals surface area contributed by atoms with Gasteiger partial charge >= 0.3 is 5.97 Å². The molecule has 4 rings (SSSR count). The molecule has 29 heavy (non-hydrogen) atoms. The number of nitrogens with two attached hydrogens (primary N) is 1. The van der Waals surface area contributed by atoms with Crippen molar-refractivity contribution < 1.29 is 13.9 Å². The summed E-state index contributed by atoms with van der Waals surface area (Å²) in [5.74, 6) is 0.726. The van der Waals surface area contributed by atoms with Gasteiger partial charge in [0.2, 0.25) is 5.76 Å². The van der Waals surface area contributed by atoms with Crippen LogP contribution in [-0.2, 0) is 6.42 Å². The molecule has 0 unspecified atom stereocenters. The number of rotatable bonds is 3. The summed E-state index contributed by atoms with van der Waals surface area (Å²) in [5, 5.41) is 5.26. The minimum atomic E-state index is -0.561. The van der Waals surface area contributed by atoms with E-state index in [2.05, 4.69) is 15.5 Å². The van der Waals surface area contributed by atoms with Crippen molar-refractivity contribution in [3.05, 3.63) is 58.7 Å². The van der Waals surface area contributed by atoms with Crippen LogP contribution in [0.25, 0.3) is 10.9 Å². The van der Waals surface area contributed by atoms with Gasteiger partial charge < -0.3 is 14.9 Å². The van der Waals surface area contributed by atoms with Crippen molar-refractivity contribution in [2.75, 3.05) is 0 Å². The number of aromatic nitrogens is 1. The third-order valence-corrected chi connectivity index (χ3v) is 4.93. The Bertz CT molecular complexity index is 1170. The number of esters is 1. The number of ether oxygens (including phenoxy) is 1. The predicted molar refractivity (Wildman–Crippen MR) is 114 cm³/mol. The fourth-order valence-corrected chi connectivity index (χ4v) is 3.59. The summed E-state index contributed by atoms with van der Waals surface area (Å²) < 4.78 is 11.5. The van der Waals surface area contributed by atoms with Crippen molar-refractivity contribution in [1.82, 2.24) is 10.4 Å². The third-order valence-electron chi connectivity index (χ3n) is 4.84. The zero-order valence-electron chi connectivity index (χ0n) is 16.1. The van der Waals surface area contributed by atoms with E-state index < -0.39 is 5.97 Å². The number of pyridine rings is 1. The summed E-state index contributed by atoms with van der Waals surface area (Å²) in [6.45, 7) is 3.72. The monoisotopic (exact) mass is 408 g/mol. The number of benzene rings is 1. The Morgan fingerprint density at radius 1 is 1.28 bits per heavy atom. The van der Waals surface area contributed by atoms with Gasteiger partial charge in [0, 0.05) is 28.6 Å². The number of hydrogen-bond donors (Lipinski definition) is 2. The highest BCUT2D eigenvalue weighted by atomic mass is 32.1. The highest BCUT2D eigenvalue weighted by molar-refractivity contribution is 7.80. The standard InChI is InChI=1S/C21H20N4O3S/c1-11-9-10-13-5-3-8-16(18(13)23-11)28-20(26)19-12(2)17-14(24-25-21(22)29)6-4-7-15(17)27-19/h3,5,8-10H,4,6-7H2,1-2H3,(H3,22,25,29)/b24-14+. The molecule has 0 amide bonds. The quantitative estimate of drug-likeness (QED) is 0.296. The molecule has 0 saturated carbocycles. The Morgan fingerprint density at radius 2 is 2.10 bits per heavy atom. The second-order valence-electron chi connectivity index (χ2n) is 6.91. The summed E-state index contributed by atoms with van der Waals surface area (Å²) >= 11 is 4.82. The maximum Gasteiger partial charge on any atom is 0.380 e. The normalized spacial score (nSPS) is 14.6. The molecular formula is C21H20N4O3S. The van der Waals surface area contributed by atoms with Gasteiger partial charge in [-0.05, 0) is 51.0 Å². The summed E-state index contributed by atoms with van der Waals surface area (Å²) in [7, 11) is 0. The summed E-state index contributed by atoms with van der Waals surface area (Å²) in [4.78, 5) is 17.4.